The molecule has 1 fully saturated rings. The van der Waals surface area contributed by atoms with Gasteiger partial charge in [0.25, 0.3) is 5.91 Å². The van der Waals surface area contributed by atoms with E-state index in [9.17, 15) is 18.0 Å². The molecule has 0 aromatic heterocycles. The van der Waals surface area contributed by atoms with Crippen LogP contribution < -0.4 is 11.1 Å². The predicted octanol–water partition coefficient (Wildman–Crippen LogP) is 2.40. The second kappa shape index (κ2) is 3.90. The van der Waals surface area contributed by atoms with E-state index >= 15 is 0 Å². The van der Waals surface area contributed by atoms with Gasteiger partial charge < -0.3 is 11.1 Å². The molecule has 1 saturated carbocycles. The predicted molar refractivity (Wildman–Crippen MR) is 61.1 cm³/mol. The minimum atomic E-state index is -4.40. The molecule has 0 atom stereocenters. The van der Waals surface area contributed by atoms with Gasteiger partial charge in [-0.15, -0.1) is 0 Å². The molecular formula is C12H13F3N2O. The van der Waals surface area contributed by atoms with Gasteiger partial charge in [-0.25, -0.2) is 0 Å². The molecule has 3 nitrogen and oxygen atoms in total. The van der Waals surface area contributed by atoms with E-state index in [2.05, 4.69) is 5.32 Å². The summed E-state index contributed by atoms with van der Waals surface area (Å²) in [4.78, 5) is 11.8. The van der Waals surface area contributed by atoms with Crippen molar-refractivity contribution in [2.24, 2.45) is 0 Å². The second-order valence-corrected chi connectivity index (χ2v) is 4.67. The van der Waals surface area contributed by atoms with Gasteiger partial charge in [0.15, 0.2) is 0 Å². The third-order valence-corrected chi connectivity index (χ3v) is 3.01. The van der Waals surface area contributed by atoms with Crippen molar-refractivity contribution < 1.29 is 18.0 Å². The van der Waals surface area contributed by atoms with E-state index in [1.165, 1.54) is 12.1 Å². The Hall–Kier alpha value is -1.72. The average molecular weight is 258 g/mol. The first-order chi connectivity index (χ1) is 8.23. The number of rotatable bonds is 2. The molecule has 6 heteroatoms. The lowest BCUT2D eigenvalue weighted by molar-refractivity contribution is -0.163. The van der Waals surface area contributed by atoms with Crippen molar-refractivity contribution in [1.29, 1.82) is 0 Å². The number of alkyl halides is 3. The molecule has 1 amide bonds. The van der Waals surface area contributed by atoms with E-state index in [1.807, 2.05) is 0 Å². The third kappa shape index (κ3) is 2.27. The highest BCUT2D eigenvalue weighted by Crippen LogP contribution is 2.49. The minimum Gasteiger partial charge on any atom is -0.399 e. The summed E-state index contributed by atoms with van der Waals surface area (Å²) in [5.41, 5.74) is 4.77. The first-order valence-corrected chi connectivity index (χ1v) is 5.50. The van der Waals surface area contributed by atoms with Crippen LogP contribution in [-0.4, -0.2) is 17.6 Å². The summed E-state index contributed by atoms with van der Waals surface area (Å²) < 4.78 is 38.1. The van der Waals surface area contributed by atoms with Crippen LogP contribution in [0.15, 0.2) is 18.2 Å². The molecule has 1 aliphatic rings. The molecule has 0 radical (unpaired) electrons. The van der Waals surface area contributed by atoms with Gasteiger partial charge in [0, 0.05) is 11.3 Å². The van der Waals surface area contributed by atoms with E-state index in [-0.39, 0.29) is 18.4 Å². The zero-order valence-electron chi connectivity index (χ0n) is 9.77. The van der Waals surface area contributed by atoms with E-state index in [0.717, 1.165) is 5.56 Å². The number of benzene rings is 1. The zero-order valence-corrected chi connectivity index (χ0v) is 9.77. The molecule has 0 aliphatic heterocycles. The number of hydrogen-bond acceptors (Lipinski definition) is 2. The fourth-order valence-electron chi connectivity index (χ4n) is 1.84. The summed E-state index contributed by atoms with van der Waals surface area (Å²) in [6, 6.07) is 4.53. The summed E-state index contributed by atoms with van der Waals surface area (Å²) in [5, 5.41) is 2.06. The van der Waals surface area contributed by atoms with Crippen LogP contribution in [-0.2, 0) is 0 Å². The summed E-state index contributed by atoms with van der Waals surface area (Å²) in [7, 11) is 0. The average Bonchev–Trinajstić information content (AvgIpc) is 2.96. The highest BCUT2D eigenvalue weighted by Gasteiger charge is 2.64. The molecule has 0 bridgehead atoms. The van der Waals surface area contributed by atoms with Gasteiger partial charge in [-0.3, -0.25) is 4.79 Å². The van der Waals surface area contributed by atoms with Crippen molar-refractivity contribution >= 4 is 11.6 Å². The van der Waals surface area contributed by atoms with Crippen molar-refractivity contribution in [2.75, 3.05) is 5.73 Å². The molecule has 0 saturated heterocycles. The molecule has 3 N–H and O–H groups in total. The van der Waals surface area contributed by atoms with E-state index < -0.39 is 17.6 Å². The van der Waals surface area contributed by atoms with Crippen LogP contribution in [0.4, 0.5) is 18.9 Å². The Morgan fingerprint density at radius 3 is 2.39 bits per heavy atom. The van der Waals surface area contributed by atoms with Crippen molar-refractivity contribution in [3.8, 4) is 0 Å². The van der Waals surface area contributed by atoms with Crippen molar-refractivity contribution in [2.45, 2.75) is 31.5 Å². The number of halogens is 3. The Kier molecular flexibility index (Phi) is 2.76. The van der Waals surface area contributed by atoms with Gasteiger partial charge >= 0.3 is 6.18 Å². The smallest absolute Gasteiger partial charge is 0.399 e. The largest absolute Gasteiger partial charge is 0.411 e. The maximum atomic E-state index is 12.7. The molecule has 1 aromatic carbocycles. The molecule has 0 spiro atoms. The van der Waals surface area contributed by atoms with Crippen LogP contribution in [0.3, 0.4) is 0 Å². The highest BCUT2D eigenvalue weighted by molar-refractivity contribution is 5.96. The van der Waals surface area contributed by atoms with Crippen molar-refractivity contribution in [1.82, 2.24) is 5.32 Å². The van der Waals surface area contributed by atoms with E-state index in [1.54, 1.807) is 13.0 Å². The lowest BCUT2D eigenvalue weighted by atomic mass is 10.1. The number of nitrogens with one attached hydrogen (secondary N) is 1. The number of anilines is 1. The first-order valence-electron chi connectivity index (χ1n) is 5.50. The Bertz CT molecular complexity index is 472. The lowest BCUT2D eigenvalue weighted by Gasteiger charge is -2.20. The van der Waals surface area contributed by atoms with Gasteiger partial charge in [0.1, 0.15) is 5.54 Å². The van der Waals surface area contributed by atoms with Gasteiger partial charge in [-0.1, -0.05) is 0 Å². The van der Waals surface area contributed by atoms with Crippen LogP contribution in [0.5, 0.6) is 0 Å². The Morgan fingerprint density at radius 1 is 1.33 bits per heavy atom. The molecule has 18 heavy (non-hydrogen) atoms. The Labute approximate surface area is 102 Å². The maximum Gasteiger partial charge on any atom is 0.411 e. The second-order valence-electron chi connectivity index (χ2n) is 4.67. The van der Waals surface area contributed by atoms with E-state index in [4.69, 9.17) is 5.73 Å². The van der Waals surface area contributed by atoms with Crippen molar-refractivity contribution in [3.63, 3.8) is 0 Å². The molecule has 1 aliphatic carbocycles. The van der Waals surface area contributed by atoms with E-state index in [0.29, 0.717) is 5.69 Å². The maximum absolute atomic E-state index is 12.7. The topological polar surface area (TPSA) is 55.1 Å². The van der Waals surface area contributed by atoms with Crippen LogP contribution in [0.25, 0.3) is 0 Å². The number of amides is 1. The van der Waals surface area contributed by atoms with Gasteiger partial charge in [0.05, 0.1) is 0 Å². The molecule has 98 valence electrons. The van der Waals surface area contributed by atoms with Crippen LogP contribution in [0.1, 0.15) is 28.8 Å². The zero-order chi connectivity index (χ0) is 13.6. The SMILES string of the molecule is Cc1cc(N)cc(C(=O)NC2(C(F)(F)F)CC2)c1. The van der Waals surface area contributed by atoms with Crippen molar-refractivity contribution in [3.05, 3.63) is 29.3 Å². The number of nitrogens with two attached hydrogens (primary N) is 1. The lowest BCUT2D eigenvalue weighted by Crippen LogP contribution is -2.47. The highest BCUT2D eigenvalue weighted by atomic mass is 19.4. The fraction of sp³-hybridized carbons (Fsp3) is 0.417. The fourth-order valence-corrected chi connectivity index (χ4v) is 1.84. The van der Waals surface area contributed by atoms with Gasteiger partial charge in [-0.2, -0.15) is 13.2 Å². The molecule has 0 unspecified atom stereocenters. The monoisotopic (exact) mass is 258 g/mol. The van der Waals surface area contributed by atoms with Crippen LogP contribution in [0, 0.1) is 6.92 Å². The molecule has 2 rings (SSSR count). The van der Waals surface area contributed by atoms with Crippen LogP contribution >= 0.6 is 0 Å². The number of carbonyl (C=O) groups excluding carboxylic acids is 1. The van der Waals surface area contributed by atoms with Gasteiger partial charge in [-0.05, 0) is 43.5 Å². The number of aryl methyl sites for hydroxylation is 1. The number of hydrogen-bond donors (Lipinski definition) is 2. The standard InChI is InChI=1S/C12H13F3N2O/c1-7-4-8(6-9(16)5-7)10(18)17-11(2-3-11)12(13,14)15/h4-6H,2-3,16H2,1H3,(H,17,18). The Morgan fingerprint density at radius 2 is 1.94 bits per heavy atom. The normalized spacial score (nSPS) is 17.3. The summed E-state index contributed by atoms with van der Waals surface area (Å²) >= 11 is 0. The molecule has 0 heterocycles. The molecular weight excluding hydrogens is 245 g/mol. The number of nitrogen functional groups attached to an aromatic ring is 1. The van der Waals surface area contributed by atoms with Crippen LogP contribution in [0.2, 0.25) is 0 Å². The molecule has 1 aromatic rings. The quantitative estimate of drug-likeness (QED) is 0.800. The summed E-state index contributed by atoms with van der Waals surface area (Å²) in [6.07, 6.45) is -4.54. The number of carbonyl (C=O) groups is 1. The summed E-state index contributed by atoms with van der Waals surface area (Å²) in [5.74, 6) is -0.736. The minimum absolute atomic E-state index is 0.0659. The summed E-state index contributed by atoms with van der Waals surface area (Å²) in [6.45, 7) is 1.73. The first kappa shape index (κ1) is 12.7. The third-order valence-electron chi connectivity index (χ3n) is 3.01. The Balaban J connectivity index is 2.18. The van der Waals surface area contributed by atoms with Gasteiger partial charge in [0.2, 0.25) is 0 Å².